The van der Waals surface area contributed by atoms with Crippen LogP contribution in [-0.4, -0.2) is 75.6 Å². The first-order chi connectivity index (χ1) is 30.2. The summed E-state index contributed by atoms with van der Waals surface area (Å²) in [5, 5.41) is 21.3. The molecule has 14 heteroatoms. The summed E-state index contributed by atoms with van der Waals surface area (Å²) in [6.45, 7) is 11.0. The van der Waals surface area contributed by atoms with Crippen LogP contribution in [-0.2, 0) is 20.9 Å². The predicted octanol–water partition coefficient (Wildman–Crippen LogP) is 9.06. The van der Waals surface area contributed by atoms with E-state index in [-0.39, 0.29) is 48.3 Å². The summed E-state index contributed by atoms with van der Waals surface area (Å²) in [7, 11) is 0. The van der Waals surface area contributed by atoms with Gasteiger partial charge in [-0.15, -0.1) is 11.3 Å². The highest BCUT2D eigenvalue weighted by Crippen LogP contribution is 2.41. The molecule has 0 unspecified atom stereocenters. The standard InChI is InChI=1S/C49H58ClFN6O5S/c1-29(32-11-13-33(14-12-32)38-19-21-52-41-18-15-35(51)23-39(38)41)46(59)56-36-16-17-40(50)43(24-36)62-22-6-20-53-45(49(3,4)5)48(61)57-27-37(58)25-42(57)47(60)54-26-31-7-9-34(10-8-31)44-30(2)55-28-63-44/h7-10,15-19,21,23-24,28-29,32-33,37,42,45,53,58H,6,11-14,20,22,25-27H2,1-5H3,(H,54,60)(H,56,59)/t29-,32-,33+,37+,42-,45+/m1/s1. The molecule has 334 valence electrons. The molecule has 7 rings (SSSR count). The zero-order chi connectivity index (χ0) is 44.8. The number of benzene rings is 3. The second-order valence-electron chi connectivity index (χ2n) is 18.1. The molecular formula is C49H58ClFN6O5S. The molecule has 1 aliphatic heterocycles. The Morgan fingerprint density at radius 1 is 1.02 bits per heavy atom. The summed E-state index contributed by atoms with van der Waals surface area (Å²) in [6.07, 6.45) is 5.32. The Balaban J connectivity index is 0.872. The lowest BCUT2D eigenvalue weighted by Crippen LogP contribution is -2.56. The minimum absolute atomic E-state index is 0.0663. The number of anilines is 1. The van der Waals surface area contributed by atoms with E-state index in [1.54, 1.807) is 47.9 Å². The molecule has 3 aromatic carbocycles. The molecule has 1 aliphatic carbocycles. The smallest absolute Gasteiger partial charge is 0.243 e. The third-order valence-electron chi connectivity index (χ3n) is 12.6. The lowest BCUT2D eigenvalue weighted by molar-refractivity contribution is -0.142. The van der Waals surface area contributed by atoms with Crippen LogP contribution in [0.15, 0.2) is 78.4 Å². The number of amides is 3. The second-order valence-corrected chi connectivity index (χ2v) is 19.4. The van der Waals surface area contributed by atoms with Crippen molar-refractivity contribution in [1.29, 1.82) is 0 Å². The molecule has 4 N–H and O–H groups in total. The number of hydrogen-bond acceptors (Lipinski definition) is 9. The van der Waals surface area contributed by atoms with Crippen molar-refractivity contribution in [2.24, 2.45) is 17.3 Å². The Labute approximate surface area is 378 Å². The van der Waals surface area contributed by atoms with Gasteiger partial charge in [0.2, 0.25) is 17.7 Å². The highest BCUT2D eigenvalue weighted by atomic mass is 35.5. The fourth-order valence-electron chi connectivity index (χ4n) is 8.98. The van der Waals surface area contributed by atoms with Gasteiger partial charge in [-0.1, -0.05) is 63.6 Å². The number of β-amino-alcohol motifs (C(OH)–C–C–N with tert-alkyl or cyclic N) is 1. The van der Waals surface area contributed by atoms with E-state index < -0.39 is 23.6 Å². The summed E-state index contributed by atoms with van der Waals surface area (Å²) < 4.78 is 20.2. The number of pyridine rings is 1. The molecule has 0 radical (unpaired) electrons. The van der Waals surface area contributed by atoms with Crippen molar-refractivity contribution in [1.82, 2.24) is 25.5 Å². The van der Waals surface area contributed by atoms with Gasteiger partial charge in [-0.3, -0.25) is 19.4 Å². The van der Waals surface area contributed by atoms with E-state index in [4.69, 9.17) is 16.3 Å². The van der Waals surface area contributed by atoms with Crippen LogP contribution in [0.1, 0.15) is 89.0 Å². The average molecular weight is 898 g/mol. The summed E-state index contributed by atoms with van der Waals surface area (Å²) in [6, 6.07) is 18.5. The number of nitrogens with zero attached hydrogens (tertiary/aromatic N) is 3. The van der Waals surface area contributed by atoms with Gasteiger partial charge in [0, 0.05) is 48.8 Å². The Bertz CT molecular complexity index is 2400. The maximum absolute atomic E-state index is 14.1. The van der Waals surface area contributed by atoms with E-state index in [0.29, 0.717) is 48.5 Å². The number of fused-ring (bicyclic) bond motifs is 1. The second kappa shape index (κ2) is 20.3. The largest absolute Gasteiger partial charge is 0.492 e. The van der Waals surface area contributed by atoms with E-state index in [1.807, 2.05) is 70.5 Å². The van der Waals surface area contributed by atoms with E-state index in [0.717, 1.165) is 63.8 Å². The first kappa shape index (κ1) is 46.1. The molecule has 5 aromatic rings. The molecule has 2 aromatic heterocycles. The summed E-state index contributed by atoms with van der Waals surface area (Å²) in [4.78, 5) is 52.4. The number of carbonyl (C=O) groups excluding carboxylic acids is 3. The topological polar surface area (TPSA) is 146 Å². The van der Waals surface area contributed by atoms with Crippen molar-refractivity contribution >= 4 is 57.2 Å². The molecule has 0 spiro atoms. The quantitative estimate of drug-likeness (QED) is 0.0763. The third kappa shape index (κ3) is 11.2. The van der Waals surface area contributed by atoms with Crippen LogP contribution in [0, 0.1) is 30.0 Å². The van der Waals surface area contributed by atoms with Gasteiger partial charge < -0.3 is 30.7 Å². The number of carbonyl (C=O) groups is 3. The number of rotatable bonds is 15. The Hall–Kier alpha value is -4.95. The summed E-state index contributed by atoms with van der Waals surface area (Å²) in [5.41, 5.74) is 6.81. The van der Waals surface area contributed by atoms with Gasteiger partial charge in [0.15, 0.2) is 0 Å². The molecule has 2 fully saturated rings. The van der Waals surface area contributed by atoms with Gasteiger partial charge in [-0.2, -0.15) is 0 Å². The predicted molar refractivity (Wildman–Crippen MR) is 247 cm³/mol. The Kier molecular flexibility index (Phi) is 14.8. The number of hydrogen-bond donors (Lipinski definition) is 4. The average Bonchev–Trinajstić information content (AvgIpc) is 3.89. The number of aliphatic hydroxyl groups excluding tert-OH is 1. The lowest BCUT2D eigenvalue weighted by atomic mass is 9.73. The maximum atomic E-state index is 14.1. The van der Waals surface area contributed by atoms with Crippen LogP contribution < -0.4 is 20.7 Å². The fraction of sp³-hybridized carbons (Fsp3) is 0.449. The minimum Gasteiger partial charge on any atom is -0.492 e. The van der Waals surface area contributed by atoms with E-state index in [1.165, 1.54) is 11.0 Å². The SMILES string of the molecule is Cc1ncsc1-c1ccc(CNC(=O)[C@H]2C[C@H](O)CN2C(=O)[C@H](NCCCOc2cc(NC(=O)[C@H](C)[C@H]3CC[C@@H](c4ccnc5ccc(F)cc54)CC3)ccc2Cl)C(C)(C)C)cc1. The molecule has 3 amide bonds. The number of aliphatic hydroxyl groups is 1. The van der Waals surface area contributed by atoms with Gasteiger partial charge in [-0.05, 0) is 116 Å². The van der Waals surface area contributed by atoms with Crippen molar-refractivity contribution in [3.63, 3.8) is 0 Å². The fourth-order valence-corrected chi connectivity index (χ4v) is 9.97. The number of aromatic nitrogens is 2. The molecule has 1 saturated heterocycles. The summed E-state index contributed by atoms with van der Waals surface area (Å²) >= 11 is 8.11. The van der Waals surface area contributed by atoms with Gasteiger partial charge in [0.05, 0.1) is 45.4 Å². The van der Waals surface area contributed by atoms with Crippen LogP contribution in [0.2, 0.25) is 5.02 Å². The first-order valence-electron chi connectivity index (χ1n) is 21.9. The molecular weight excluding hydrogens is 839 g/mol. The van der Waals surface area contributed by atoms with Crippen LogP contribution in [0.4, 0.5) is 10.1 Å². The maximum Gasteiger partial charge on any atom is 0.243 e. The van der Waals surface area contributed by atoms with Crippen LogP contribution in [0.3, 0.4) is 0 Å². The molecule has 0 bridgehead atoms. The third-order valence-corrected chi connectivity index (χ3v) is 13.9. The Morgan fingerprint density at radius 3 is 2.49 bits per heavy atom. The van der Waals surface area contributed by atoms with Gasteiger partial charge in [0.25, 0.3) is 0 Å². The molecule has 11 nitrogen and oxygen atoms in total. The molecule has 63 heavy (non-hydrogen) atoms. The monoisotopic (exact) mass is 896 g/mol. The van der Waals surface area contributed by atoms with E-state index in [2.05, 4.69) is 25.9 Å². The number of ether oxygens (including phenoxy) is 1. The van der Waals surface area contributed by atoms with Crippen molar-refractivity contribution in [3.05, 3.63) is 106 Å². The van der Waals surface area contributed by atoms with Crippen molar-refractivity contribution < 1.29 is 28.6 Å². The van der Waals surface area contributed by atoms with Crippen LogP contribution in [0.25, 0.3) is 21.3 Å². The molecule has 3 heterocycles. The number of nitrogens with one attached hydrogen (secondary N) is 3. The van der Waals surface area contributed by atoms with Crippen LogP contribution in [0.5, 0.6) is 5.75 Å². The number of likely N-dealkylation sites (tertiary alicyclic amines) is 1. The lowest BCUT2D eigenvalue weighted by Gasteiger charge is -2.35. The van der Waals surface area contributed by atoms with Crippen LogP contribution >= 0.6 is 22.9 Å². The van der Waals surface area contributed by atoms with Crippen molar-refractivity contribution in [3.8, 4) is 16.2 Å². The zero-order valence-corrected chi connectivity index (χ0v) is 38.2. The Morgan fingerprint density at radius 2 is 1.78 bits per heavy atom. The van der Waals surface area contributed by atoms with Crippen molar-refractivity contribution in [2.75, 3.05) is 25.0 Å². The number of halogens is 2. The first-order valence-corrected chi connectivity index (χ1v) is 23.2. The van der Waals surface area contributed by atoms with E-state index >= 15 is 0 Å². The molecule has 4 atom stereocenters. The normalized spacial score (nSPS) is 20.0. The highest BCUT2D eigenvalue weighted by molar-refractivity contribution is 7.13. The number of aryl methyl sites for hydroxylation is 1. The number of thiazole rings is 1. The van der Waals surface area contributed by atoms with Gasteiger partial charge in [0.1, 0.15) is 17.6 Å². The molecule has 2 aliphatic rings. The zero-order valence-electron chi connectivity index (χ0n) is 36.6. The van der Waals surface area contributed by atoms with Gasteiger partial charge in [-0.25, -0.2) is 9.37 Å². The highest BCUT2D eigenvalue weighted by Gasteiger charge is 2.43. The van der Waals surface area contributed by atoms with Crippen molar-refractivity contribution in [2.45, 2.75) is 104 Å². The molecule has 1 saturated carbocycles. The van der Waals surface area contributed by atoms with Gasteiger partial charge >= 0.3 is 0 Å². The minimum atomic E-state index is -0.803. The van der Waals surface area contributed by atoms with E-state index in [9.17, 15) is 23.9 Å². The summed E-state index contributed by atoms with van der Waals surface area (Å²) in [5.74, 6) is -0.127.